The fourth-order valence-corrected chi connectivity index (χ4v) is 1.28. The van der Waals surface area contributed by atoms with Gasteiger partial charge in [0, 0.05) is 118 Å². The van der Waals surface area contributed by atoms with Crippen LogP contribution in [0.4, 0.5) is 0 Å². The van der Waals surface area contributed by atoms with Gasteiger partial charge in [-0.25, -0.2) is 0 Å². The SMILES string of the molecule is [C-]#[O+].[C-]#[O+].[C-]#[O+].[C-]#[O+].[C-]#[O+].[C-]#[O+].[C-]#[O+].[C-]#[O+].[C-]#[O+].[C-]#[O+].[C-]#[O+].[C-]#[O+].[CH]1[CH][CH][CH][CH]1.[CH]1[CH][CH][CH][CH]1.[CH]1[CH][CH][CH][CH]1.[CH]1[CH][CH][CH][CH]1.[Cr].[Cr].[Cr].[Cr].[SH-].[Sb].[Sb]. The molecule has 0 aromatic rings. The van der Waals surface area contributed by atoms with Gasteiger partial charge in [0.1, 0.15) is 0 Å². The summed E-state index contributed by atoms with van der Waals surface area (Å²) in [5.41, 5.74) is 0. The Hall–Kier alpha value is 0.996. The number of rotatable bonds is 0. The molecular weight excluding hydrogens is 1060 g/mol. The first kappa shape index (κ1) is 124. The molecule has 4 rings (SSSR count). The zero-order chi connectivity index (χ0) is 38.1. The maximum absolute atomic E-state index is 7.50. The van der Waals surface area contributed by atoms with Crippen LogP contribution in [0.15, 0.2) is 0 Å². The number of thiol groups is 1. The molecule has 0 aliphatic heterocycles. The van der Waals surface area contributed by atoms with Crippen LogP contribution in [0.3, 0.4) is 0 Å². The van der Waals surface area contributed by atoms with Gasteiger partial charge in [0.15, 0.2) is 0 Å². The molecule has 0 heterocycles. The molecule has 0 amide bonds. The predicted molar refractivity (Wildman–Crippen MR) is 153 cm³/mol. The summed E-state index contributed by atoms with van der Waals surface area (Å²) in [6.45, 7) is 54.0. The van der Waals surface area contributed by atoms with Crippen molar-refractivity contribution in [2.24, 2.45) is 0 Å². The quantitative estimate of drug-likeness (QED) is 0.115. The van der Waals surface area contributed by atoms with Crippen molar-refractivity contribution in [1.82, 2.24) is 0 Å². The summed E-state index contributed by atoms with van der Waals surface area (Å²) in [6, 6.07) is 0. The van der Waals surface area contributed by atoms with Crippen molar-refractivity contribution >= 4 is 62.4 Å². The molecule has 0 spiro atoms. The molecule has 0 aromatic carbocycles. The second-order valence-electron chi connectivity index (χ2n) is 3.85. The molecule has 262 valence electrons. The Morgan fingerprint density at radius 2 is 0.176 bits per heavy atom. The van der Waals surface area contributed by atoms with Gasteiger partial charge in [0.05, 0.1) is 0 Å². The molecule has 0 atom stereocenters. The van der Waals surface area contributed by atoms with E-state index in [0.29, 0.717) is 0 Å². The van der Waals surface area contributed by atoms with Crippen LogP contribution in [0, 0.1) is 208 Å². The largest absolute Gasteiger partial charge is 0.813 e. The molecule has 4 aliphatic rings. The Morgan fingerprint density at radius 1 is 0.157 bits per heavy atom. The third-order valence-corrected chi connectivity index (χ3v) is 2.22. The van der Waals surface area contributed by atoms with Crippen molar-refractivity contribution in [3.05, 3.63) is 208 Å². The maximum Gasteiger partial charge on any atom is 0 e. The first-order valence-corrected chi connectivity index (χ1v) is 9.12. The van der Waals surface area contributed by atoms with Crippen LogP contribution in [0.25, 0.3) is 0 Å². The molecule has 0 unspecified atom stereocenters. The Labute approximate surface area is 392 Å². The molecule has 0 N–H and O–H groups in total. The van der Waals surface area contributed by atoms with Crippen LogP contribution >= 0.6 is 0 Å². The van der Waals surface area contributed by atoms with E-state index in [1.807, 2.05) is 128 Å². The van der Waals surface area contributed by atoms with E-state index in [1.54, 1.807) is 0 Å². The van der Waals surface area contributed by atoms with E-state index in [-0.39, 0.29) is 132 Å². The Balaban J connectivity index is -0.0000000128. The zero-order valence-corrected chi connectivity index (χ0v) is 36.5. The second-order valence-corrected chi connectivity index (χ2v) is 3.85. The zero-order valence-electron chi connectivity index (χ0n) is 25.4. The molecule has 0 bridgehead atoms. The summed E-state index contributed by atoms with van der Waals surface area (Å²) in [5.74, 6) is 0. The van der Waals surface area contributed by atoms with E-state index in [4.69, 9.17) is 55.8 Å². The van der Waals surface area contributed by atoms with Gasteiger partial charge in [0.25, 0.3) is 0 Å². The molecule has 0 aromatic heterocycles. The maximum atomic E-state index is 7.50. The van der Waals surface area contributed by atoms with Gasteiger partial charge in [-0.2, -0.15) is 0 Å². The van der Waals surface area contributed by atoms with E-state index < -0.39 is 0 Å². The smallest absolute Gasteiger partial charge is 0 e. The first-order chi connectivity index (χ1) is 22.0. The third-order valence-electron chi connectivity index (χ3n) is 2.22. The molecule has 0 saturated heterocycles. The van der Waals surface area contributed by atoms with E-state index in [0.717, 1.165) is 0 Å². The van der Waals surface area contributed by atoms with Crippen molar-refractivity contribution < 1.29 is 125 Å². The van der Waals surface area contributed by atoms with Gasteiger partial charge in [-0.15, -0.1) is 0 Å². The standard InChI is InChI=1S/4C5H5.12CO.4Cr.H2S.2Sb/c4*1-2-4-5-3-1;12*1-2;;;;;;;/h4*1-5H;;;;;;;;;;;;;;;;;1H2;;/p-1. The van der Waals surface area contributed by atoms with Crippen molar-refractivity contribution in [2.75, 3.05) is 0 Å². The Morgan fingerprint density at radius 3 is 0.196 bits per heavy atom. The summed E-state index contributed by atoms with van der Waals surface area (Å²) < 4.78 is 90.0. The number of hydrogen-bond acceptors (Lipinski definition) is 1. The summed E-state index contributed by atoms with van der Waals surface area (Å²) in [7, 11) is 0. The van der Waals surface area contributed by atoms with Crippen LogP contribution in [-0.4, -0.2) is 48.9 Å². The van der Waals surface area contributed by atoms with E-state index in [2.05, 4.69) is 79.8 Å². The van der Waals surface area contributed by atoms with Crippen molar-refractivity contribution in [2.45, 2.75) is 0 Å². The van der Waals surface area contributed by atoms with Gasteiger partial charge < -0.3 is 13.5 Å². The fraction of sp³-hybridized carbons (Fsp3) is 0. The van der Waals surface area contributed by atoms with Crippen molar-refractivity contribution in [3.63, 3.8) is 0 Å². The minimum atomic E-state index is 0. The minimum Gasteiger partial charge on any atom is -0.813 e. The van der Waals surface area contributed by atoms with Crippen LogP contribution in [0.5, 0.6) is 0 Å². The van der Waals surface area contributed by atoms with Gasteiger partial charge in [0.2, 0.25) is 0 Å². The summed E-state index contributed by atoms with van der Waals surface area (Å²) >= 11 is 0. The normalized spacial score (nSPS) is 9.88. The molecule has 4 fully saturated rings. The fourth-order valence-electron chi connectivity index (χ4n) is 1.28. The predicted octanol–water partition coefficient (Wildman–Crippen LogP) is 2.59. The van der Waals surface area contributed by atoms with Crippen LogP contribution in [0.1, 0.15) is 0 Å². The number of hydrogen-bond donors (Lipinski definition) is 0. The van der Waals surface area contributed by atoms with Crippen molar-refractivity contribution in [1.29, 1.82) is 0 Å². The average molecular weight is 1080 g/mol. The van der Waals surface area contributed by atoms with Gasteiger partial charge in [-0.05, 0) is 128 Å². The third kappa shape index (κ3) is 278. The van der Waals surface area contributed by atoms with E-state index in [9.17, 15) is 0 Å². The van der Waals surface area contributed by atoms with Crippen LogP contribution in [-0.2, 0) is 139 Å². The van der Waals surface area contributed by atoms with Gasteiger partial charge in [-0.1, -0.05) is 0 Å². The molecular formula is C32H21Cr4O12SSb2-. The van der Waals surface area contributed by atoms with E-state index >= 15 is 0 Å². The minimum absolute atomic E-state index is 0. The summed E-state index contributed by atoms with van der Waals surface area (Å²) in [5, 5.41) is 0. The van der Waals surface area contributed by atoms with Crippen LogP contribution < -0.4 is 0 Å². The molecule has 4 saturated carbocycles. The first-order valence-electron chi connectivity index (χ1n) is 9.12. The molecule has 19 heteroatoms. The average Bonchev–Trinajstić information content (AvgIpc) is 4.05. The van der Waals surface area contributed by atoms with Gasteiger partial charge >= 0.3 is 136 Å². The molecule has 12 nitrogen and oxygen atoms in total. The van der Waals surface area contributed by atoms with Gasteiger partial charge in [-0.3, -0.25) is 0 Å². The Bertz CT molecular complexity index is 454. The molecule has 26 radical (unpaired) electrons. The summed E-state index contributed by atoms with van der Waals surface area (Å²) in [6.07, 6.45) is 40.0. The van der Waals surface area contributed by atoms with Crippen LogP contribution in [0.2, 0.25) is 0 Å². The molecule has 51 heavy (non-hydrogen) atoms. The Kier molecular flexibility index (Phi) is 704. The second kappa shape index (κ2) is 289. The molecule has 4 aliphatic carbocycles. The topological polar surface area (TPSA) is 239 Å². The van der Waals surface area contributed by atoms with E-state index in [1.165, 1.54) is 0 Å². The monoisotopic (exact) mass is 1080 g/mol. The summed E-state index contributed by atoms with van der Waals surface area (Å²) in [4.78, 5) is 0. The van der Waals surface area contributed by atoms with Crippen molar-refractivity contribution in [3.8, 4) is 0 Å².